The Kier molecular flexibility index (Phi) is 6.35. The molecule has 0 N–H and O–H groups in total. The lowest BCUT2D eigenvalue weighted by Crippen LogP contribution is -2.22. The van der Waals surface area contributed by atoms with Gasteiger partial charge in [0.15, 0.2) is 0 Å². The van der Waals surface area contributed by atoms with Crippen LogP contribution in [0.15, 0.2) is 56.8 Å². The summed E-state index contributed by atoms with van der Waals surface area (Å²) in [4.78, 5) is 17.9. The number of aryl methyl sites for hydroxylation is 2. The smallest absolute Gasteiger partial charge is 0.282 e. The largest absolute Gasteiger partial charge is 0.318 e. The van der Waals surface area contributed by atoms with Gasteiger partial charge in [0, 0.05) is 38.6 Å². The fraction of sp³-hybridized carbons (Fsp3) is 0.240. The first-order valence-corrected chi connectivity index (χ1v) is 11.7. The first-order valence-electron chi connectivity index (χ1n) is 10.5. The van der Waals surface area contributed by atoms with Crippen molar-refractivity contribution in [1.82, 2.24) is 14.2 Å². The van der Waals surface area contributed by atoms with Gasteiger partial charge >= 0.3 is 0 Å². The topological polar surface area (TPSA) is 52.2 Å². The van der Waals surface area contributed by atoms with Crippen LogP contribution >= 0.6 is 27.5 Å². The van der Waals surface area contributed by atoms with E-state index >= 15 is 0 Å². The monoisotopic (exact) mass is 510 g/mol. The lowest BCUT2D eigenvalue weighted by molar-refractivity contribution is 0.703. The van der Waals surface area contributed by atoms with E-state index in [9.17, 15) is 4.79 Å². The molecule has 4 aromatic rings. The van der Waals surface area contributed by atoms with Crippen LogP contribution in [0.2, 0.25) is 5.02 Å². The second-order valence-corrected chi connectivity index (χ2v) is 9.17. The Morgan fingerprint density at radius 3 is 2.69 bits per heavy atom. The fourth-order valence-electron chi connectivity index (χ4n) is 3.95. The molecule has 2 aromatic carbocycles. The SMILES string of the molecule is CCCc1nc2ccc(Br)cc2c(=O)n1N=Cc1cc(C)n(-c2cccc(Cl)c2C)c1C. The van der Waals surface area contributed by atoms with Crippen molar-refractivity contribution < 1.29 is 0 Å². The van der Waals surface area contributed by atoms with E-state index in [1.165, 1.54) is 4.68 Å². The summed E-state index contributed by atoms with van der Waals surface area (Å²) >= 11 is 9.79. The Morgan fingerprint density at radius 2 is 1.94 bits per heavy atom. The molecule has 2 aromatic heterocycles. The molecule has 0 atom stereocenters. The highest BCUT2D eigenvalue weighted by atomic mass is 79.9. The highest BCUT2D eigenvalue weighted by molar-refractivity contribution is 9.10. The predicted octanol–water partition coefficient (Wildman–Crippen LogP) is 6.36. The van der Waals surface area contributed by atoms with Crippen molar-refractivity contribution in [1.29, 1.82) is 0 Å². The minimum absolute atomic E-state index is 0.171. The first kappa shape index (κ1) is 22.5. The summed E-state index contributed by atoms with van der Waals surface area (Å²) in [6.45, 7) is 8.17. The summed E-state index contributed by atoms with van der Waals surface area (Å²) in [5.41, 5.74) is 5.59. The Labute approximate surface area is 200 Å². The van der Waals surface area contributed by atoms with Gasteiger partial charge in [-0.05, 0) is 69.2 Å². The average molecular weight is 512 g/mol. The molecule has 164 valence electrons. The number of aromatic nitrogens is 3. The van der Waals surface area contributed by atoms with Crippen LogP contribution in [0.5, 0.6) is 0 Å². The summed E-state index contributed by atoms with van der Waals surface area (Å²) < 4.78 is 4.42. The maximum absolute atomic E-state index is 13.2. The van der Waals surface area contributed by atoms with Crippen LogP contribution in [-0.2, 0) is 6.42 Å². The van der Waals surface area contributed by atoms with E-state index in [2.05, 4.69) is 51.6 Å². The molecule has 0 aliphatic carbocycles. The van der Waals surface area contributed by atoms with Gasteiger partial charge in [-0.15, -0.1) is 0 Å². The van der Waals surface area contributed by atoms with Gasteiger partial charge in [-0.3, -0.25) is 4.79 Å². The van der Waals surface area contributed by atoms with Gasteiger partial charge in [0.25, 0.3) is 5.56 Å². The number of nitrogens with zero attached hydrogens (tertiary/aromatic N) is 4. The second kappa shape index (κ2) is 9.04. The number of fused-ring (bicyclic) bond motifs is 1. The van der Waals surface area contributed by atoms with Crippen LogP contribution in [0, 0.1) is 20.8 Å². The van der Waals surface area contributed by atoms with E-state index in [-0.39, 0.29) is 5.56 Å². The van der Waals surface area contributed by atoms with Gasteiger partial charge < -0.3 is 4.57 Å². The molecular formula is C25H24BrClN4O. The number of hydrogen-bond acceptors (Lipinski definition) is 3. The molecular weight excluding hydrogens is 488 g/mol. The fourth-order valence-corrected chi connectivity index (χ4v) is 4.48. The predicted molar refractivity (Wildman–Crippen MR) is 136 cm³/mol. The van der Waals surface area contributed by atoms with E-state index in [1.54, 1.807) is 12.3 Å². The lowest BCUT2D eigenvalue weighted by atomic mass is 10.2. The van der Waals surface area contributed by atoms with E-state index in [1.807, 2.05) is 38.1 Å². The van der Waals surface area contributed by atoms with Gasteiger partial charge in [-0.25, -0.2) is 4.98 Å². The van der Waals surface area contributed by atoms with Crippen LogP contribution in [-0.4, -0.2) is 20.4 Å². The summed E-state index contributed by atoms with van der Waals surface area (Å²) in [5, 5.41) is 5.85. The molecule has 2 heterocycles. The van der Waals surface area contributed by atoms with Crippen molar-refractivity contribution in [3.63, 3.8) is 0 Å². The Bertz CT molecular complexity index is 1420. The molecule has 0 aliphatic heterocycles. The number of halogens is 2. The zero-order valence-corrected chi connectivity index (χ0v) is 20.8. The van der Waals surface area contributed by atoms with E-state index in [0.717, 1.165) is 44.1 Å². The van der Waals surface area contributed by atoms with Crippen molar-refractivity contribution in [2.45, 2.75) is 40.5 Å². The highest BCUT2D eigenvalue weighted by Crippen LogP contribution is 2.26. The molecule has 0 bridgehead atoms. The summed E-state index contributed by atoms with van der Waals surface area (Å²) in [7, 11) is 0. The molecule has 0 aliphatic rings. The maximum Gasteiger partial charge on any atom is 0.282 e. The summed E-state index contributed by atoms with van der Waals surface area (Å²) in [5.74, 6) is 0.656. The Morgan fingerprint density at radius 1 is 1.16 bits per heavy atom. The number of benzene rings is 2. The van der Waals surface area contributed by atoms with Gasteiger partial charge in [-0.1, -0.05) is 40.5 Å². The molecule has 0 unspecified atom stereocenters. The molecule has 4 rings (SSSR count). The molecule has 0 spiro atoms. The molecule has 0 radical (unpaired) electrons. The first-order chi connectivity index (χ1) is 15.3. The quantitative estimate of drug-likeness (QED) is 0.293. The van der Waals surface area contributed by atoms with Gasteiger partial charge in [0.05, 0.1) is 17.1 Å². The zero-order chi connectivity index (χ0) is 23.0. The zero-order valence-electron chi connectivity index (χ0n) is 18.5. The molecule has 0 saturated carbocycles. The van der Waals surface area contributed by atoms with Crippen molar-refractivity contribution in [2.75, 3.05) is 0 Å². The van der Waals surface area contributed by atoms with Crippen LogP contribution in [0.3, 0.4) is 0 Å². The molecule has 0 saturated heterocycles. The summed E-state index contributed by atoms with van der Waals surface area (Å²) in [6.07, 6.45) is 3.27. The van der Waals surface area contributed by atoms with Crippen molar-refractivity contribution >= 4 is 44.6 Å². The third kappa shape index (κ3) is 4.05. The minimum Gasteiger partial charge on any atom is -0.318 e. The van der Waals surface area contributed by atoms with Gasteiger partial charge in [0.1, 0.15) is 5.82 Å². The number of rotatable bonds is 5. The Balaban J connectivity index is 1.83. The van der Waals surface area contributed by atoms with Gasteiger partial charge in [0.2, 0.25) is 0 Å². The van der Waals surface area contributed by atoms with E-state index in [0.29, 0.717) is 23.1 Å². The van der Waals surface area contributed by atoms with Crippen LogP contribution in [0.4, 0.5) is 0 Å². The van der Waals surface area contributed by atoms with Gasteiger partial charge in [-0.2, -0.15) is 9.78 Å². The van der Waals surface area contributed by atoms with Crippen LogP contribution < -0.4 is 5.56 Å². The maximum atomic E-state index is 13.2. The Hall–Kier alpha value is -2.70. The van der Waals surface area contributed by atoms with Crippen molar-refractivity contribution in [2.24, 2.45) is 5.10 Å². The van der Waals surface area contributed by atoms with Crippen LogP contribution in [0.25, 0.3) is 16.6 Å². The third-order valence-corrected chi connectivity index (χ3v) is 6.51. The highest BCUT2D eigenvalue weighted by Gasteiger charge is 2.14. The van der Waals surface area contributed by atoms with E-state index < -0.39 is 0 Å². The molecule has 7 heteroatoms. The van der Waals surface area contributed by atoms with E-state index in [4.69, 9.17) is 16.6 Å². The molecule has 0 fully saturated rings. The van der Waals surface area contributed by atoms with Crippen LogP contribution in [0.1, 0.15) is 41.7 Å². The third-order valence-electron chi connectivity index (χ3n) is 5.61. The van der Waals surface area contributed by atoms with Crippen molar-refractivity contribution in [3.8, 4) is 5.69 Å². The molecule has 5 nitrogen and oxygen atoms in total. The second-order valence-electron chi connectivity index (χ2n) is 7.85. The average Bonchev–Trinajstić information content (AvgIpc) is 3.04. The lowest BCUT2D eigenvalue weighted by Gasteiger charge is -2.13. The minimum atomic E-state index is -0.171. The molecule has 0 amide bonds. The molecule has 32 heavy (non-hydrogen) atoms. The van der Waals surface area contributed by atoms with Crippen molar-refractivity contribution in [3.05, 3.63) is 90.7 Å². The normalized spacial score (nSPS) is 11.7. The number of hydrogen-bond donors (Lipinski definition) is 0. The summed E-state index contributed by atoms with van der Waals surface area (Å²) in [6, 6.07) is 13.5. The standard InChI is InChI=1S/C25H24BrClN4O/c1-5-7-24-29-22-11-10-19(26)13-20(22)25(32)31(24)28-14-18-12-15(2)30(17(18)4)23-9-6-8-21(27)16(23)3/h6,8-14H,5,7H2,1-4H3.